The van der Waals surface area contributed by atoms with Gasteiger partial charge in [0, 0.05) is 24.6 Å². The van der Waals surface area contributed by atoms with Crippen LogP contribution in [0, 0.1) is 17.5 Å². The van der Waals surface area contributed by atoms with Gasteiger partial charge in [-0.15, -0.1) is 0 Å². The largest absolute Gasteiger partial charge is 0.426 e. The molecule has 0 heterocycles. The lowest BCUT2D eigenvalue weighted by atomic mass is 10.0. The maximum atomic E-state index is 13.9. The summed E-state index contributed by atoms with van der Waals surface area (Å²) in [5.41, 5.74) is -0.0530. The molecule has 0 aliphatic heterocycles. The Bertz CT molecular complexity index is 764. The number of ether oxygens (including phenoxy) is 1. The number of amides is 1. The summed E-state index contributed by atoms with van der Waals surface area (Å²) in [6, 6.07) is 6.72. The van der Waals surface area contributed by atoms with E-state index in [0.717, 1.165) is 18.2 Å². The van der Waals surface area contributed by atoms with Crippen molar-refractivity contribution in [2.75, 3.05) is 0 Å². The third-order valence-corrected chi connectivity index (χ3v) is 3.11. The predicted molar refractivity (Wildman–Crippen MR) is 79.6 cm³/mol. The van der Waals surface area contributed by atoms with Gasteiger partial charge < -0.3 is 10.1 Å². The maximum Gasteiger partial charge on any atom is 0.313 e. The molecule has 0 saturated carbocycles. The molecule has 1 amide bonds. The molecule has 2 aromatic rings. The predicted octanol–water partition coefficient (Wildman–Crippen LogP) is 3.28. The number of carbonyl (C=O) groups is 2. The van der Waals surface area contributed by atoms with E-state index in [2.05, 4.69) is 5.32 Å². The van der Waals surface area contributed by atoms with Crippen molar-refractivity contribution in [3.63, 3.8) is 0 Å². The van der Waals surface area contributed by atoms with Crippen molar-refractivity contribution in [1.82, 2.24) is 5.32 Å². The van der Waals surface area contributed by atoms with E-state index in [9.17, 15) is 22.8 Å². The van der Waals surface area contributed by atoms with Gasteiger partial charge in [0.25, 0.3) is 0 Å². The highest BCUT2D eigenvalue weighted by Crippen LogP contribution is 2.22. The molecule has 4 nitrogen and oxygen atoms in total. The van der Waals surface area contributed by atoms with Crippen LogP contribution in [0.2, 0.25) is 0 Å². The van der Waals surface area contributed by atoms with Crippen molar-refractivity contribution in [3.05, 3.63) is 65.5 Å². The summed E-state index contributed by atoms with van der Waals surface area (Å²) >= 11 is 0. The van der Waals surface area contributed by atoms with Gasteiger partial charge in [-0.2, -0.15) is 0 Å². The molecule has 1 N–H and O–H groups in total. The van der Waals surface area contributed by atoms with E-state index in [0.29, 0.717) is 6.07 Å². The van der Waals surface area contributed by atoms with Crippen LogP contribution in [0.4, 0.5) is 13.2 Å². The molecular formula is C17H14F3NO3. The van der Waals surface area contributed by atoms with Crippen molar-refractivity contribution in [3.8, 4) is 5.75 Å². The van der Waals surface area contributed by atoms with Crippen molar-refractivity contribution in [2.24, 2.45) is 0 Å². The second-order valence-corrected chi connectivity index (χ2v) is 5.05. The van der Waals surface area contributed by atoms with E-state index < -0.39 is 41.8 Å². The molecule has 7 heteroatoms. The molecule has 0 fully saturated rings. The number of carbonyl (C=O) groups excluding carboxylic acids is 2. The molecule has 0 saturated heterocycles. The van der Waals surface area contributed by atoms with Gasteiger partial charge in [-0.05, 0) is 18.2 Å². The van der Waals surface area contributed by atoms with Crippen molar-refractivity contribution in [2.45, 2.75) is 19.4 Å². The van der Waals surface area contributed by atoms with Crippen LogP contribution in [-0.2, 0) is 9.59 Å². The lowest BCUT2D eigenvalue weighted by Crippen LogP contribution is -2.30. The molecule has 0 spiro atoms. The van der Waals surface area contributed by atoms with Gasteiger partial charge in [0.05, 0.1) is 12.5 Å². The molecule has 2 rings (SSSR count). The third-order valence-electron chi connectivity index (χ3n) is 3.11. The Labute approximate surface area is 136 Å². The Kier molecular flexibility index (Phi) is 5.57. The molecule has 0 aliphatic carbocycles. The Morgan fingerprint density at radius 1 is 1.08 bits per heavy atom. The summed E-state index contributed by atoms with van der Waals surface area (Å²) in [7, 11) is 0. The molecule has 0 aliphatic rings. The van der Waals surface area contributed by atoms with Gasteiger partial charge in [0.1, 0.15) is 23.2 Å². The van der Waals surface area contributed by atoms with Gasteiger partial charge in [0.2, 0.25) is 5.91 Å². The highest BCUT2D eigenvalue weighted by atomic mass is 19.1. The van der Waals surface area contributed by atoms with E-state index in [1.807, 2.05) is 0 Å². The Morgan fingerprint density at radius 3 is 2.42 bits per heavy atom. The molecule has 1 atom stereocenters. The van der Waals surface area contributed by atoms with E-state index in [-0.39, 0.29) is 11.3 Å². The summed E-state index contributed by atoms with van der Waals surface area (Å²) in [6.45, 7) is 1.20. The molecule has 2 aromatic carbocycles. The Morgan fingerprint density at radius 2 is 1.79 bits per heavy atom. The van der Waals surface area contributed by atoms with E-state index in [1.54, 1.807) is 0 Å². The van der Waals surface area contributed by atoms with E-state index in [1.165, 1.54) is 25.1 Å². The minimum Gasteiger partial charge on any atom is -0.426 e. The maximum absolute atomic E-state index is 13.9. The smallest absolute Gasteiger partial charge is 0.313 e. The Hall–Kier alpha value is -2.83. The van der Waals surface area contributed by atoms with Gasteiger partial charge in [-0.3, -0.25) is 9.59 Å². The van der Waals surface area contributed by atoms with Crippen LogP contribution in [0.1, 0.15) is 24.9 Å². The number of nitrogens with one attached hydrogen (secondary N) is 1. The first-order chi connectivity index (χ1) is 11.3. The zero-order chi connectivity index (χ0) is 17.7. The van der Waals surface area contributed by atoms with Crippen LogP contribution in [0.5, 0.6) is 5.75 Å². The second-order valence-electron chi connectivity index (χ2n) is 5.05. The van der Waals surface area contributed by atoms with Crippen LogP contribution < -0.4 is 10.1 Å². The summed E-state index contributed by atoms with van der Waals surface area (Å²) in [6.07, 6.45) is -0.404. The number of hydrogen-bond acceptors (Lipinski definition) is 3. The monoisotopic (exact) mass is 337 g/mol. The van der Waals surface area contributed by atoms with Gasteiger partial charge in [-0.1, -0.05) is 12.1 Å². The van der Waals surface area contributed by atoms with Crippen molar-refractivity contribution >= 4 is 11.9 Å². The fraction of sp³-hybridized carbons (Fsp3) is 0.176. The summed E-state index contributed by atoms with van der Waals surface area (Å²) in [4.78, 5) is 23.3. The number of benzene rings is 2. The SMILES string of the molecule is CC(=O)N[C@@H](CC(=O)Oc1cccc(F)c1)c1ccc(F)cc1F. The van der Waals surface area contributed by atoms with E-state index in [4.69, 9.17) is 4.74 Å². The molecule has 126 valence electrons. The summed E-state index contributed by atoms with van der Waals surface area (Å²) in [5, 5.41) is 2.41. The average molecular weight is 337 g/mol. The first-order valence-electron chi connectivity index (χ1n) is 7.03. The van der Waals surface area contributed by atoms with E-state index >= 15 is 0 Å². The summed E-state index contributed by atoms with van der Waals surface area (Å²) in [5.74, 6) is -3.57. The average Bonchev–Trinajstić information content (AvgIpc) is 2.46. The van der Waals surface area contributed by atoms with Gasteiger partial charge >= 0.3 is 5.97 Å². The fourth-order valence-electron chi connectivity index (χ4n) is 2.14. The number of hydrogen-bond donors (Lipinski definition) is 1. The number of rotatable bonds is 5. The van der Waals surface area contributed by atoms with Crippen LogP contribution in [-0.4, -0.2) is 11.9 Å². The molecule has 0 radical (unpaired) electrons. The molecular weight excluding hydrogens is 323 g/mol. The lowest BCUT2D eigenvalue weighted by Gasteiger charge is -2.18. The fourth-order valence-corrected chi connectivity index (χ4v) is 2.14. The van der Waals surface area contributed by atoms with Gasteiger partial charge in [0.15, 0.2) is 0 Å². The zero-order valence-corrected chi connectivity index (χ0v) is 12.7. The first kappa shape index (κ1) is 17.5. The lowest BCUT2D eigenvalue weighted by molar-refractivity contribution is -0.135. The van der Waals surface area contributed by atoms with Crippen LogP contribution in [0.3, 0.4) is 0 Å². The topological polar surface area (TPSA) is 55.4 Å². The van der Waals surface area contributed by atoms with Crippen molar-refractivity contribution in [1.29, 1.82) is 0 Å². The molecule has 0 aromatic heterocycles. The second kappa shape index (κ2) is 7.63. The Balaban J connectivity index is 2.16. The molecule has 24 heavy (non-hydrogen) atoms. The number of halogens is 3. The number of esters is 1. The molecule has 0 bridgehead atoms. The van der Waals surface area contributed by atoms with Crippen LogP contribution in [0.25, 0.3) is 0 Å². The zero-order valence-electron chi connectivity index (χ0n) is 12.7. The molecule has 0 unspecified atom stereocenters. The van der Waals surface area contributed by atoms with Gasteiger partial charge in [-0.25, -0.2) is 13.2 Å². The minimum atomic E-state index is -1.04. The highest BCUT2D eigenvalue weighted by molar-refractivity contribution is 5.77. The highest BCUT2D eigenvalue weighted by Gasteiger charge is 2.22. The summed E-state index contributed by atoms with van der Waals surface area (Å²) < 4.78 is 44.9. The normalized spacial score (nSPS) is 11.7. The first-order valence-corrected chi connectivity index (χ1v) is 7.03. The quantitative estimate of drug-likeness (QED) is 0.673. The van der Waals surface area contributed by atoms with Crippen LogP contribution in [0.15, 0.2) is 42.5 Å². The van der Waals surface area contributed by atoms with Crippen molar-refractivity contribution < 1.29 is 27.5 Å². The van der Waals surface area contributed by atoms with Crippen LogP contribution >= 0.6 is 0 Å². The minimum absolute atomic E-state index is 0.0128. The third kappa shape index (κ3) is 4.84. The standard InChI is InChI=1S/C17H14F3NO3/c1-10(22)21-16(14-6-5-12(19)8-15(14)20)9-17(23)24-13-4-2-3-11(18)7-13/h2-8,16H,9H2,1H3,(H,21,22)/t16-/m0/s1.